The van der Waals surface area contributed by atoms with Crippen LogP contribution in [0.3, 0.4) is 0 Å². The molecule has 1 fully saturated rings. The predicted molar refractivity (Wildman–Crippen MR) is 115 cm³/mol. The summed E-state index contributed by atoms with van der Waals surface area (Å²) in [6.07, 6.45) is 1.11. The maximum atomic E-state index is 12.7. The zero-order valence-corrected chi connectivity index (χ0v) is 16.9. The molecule has 0 radical (unpaired) electrons. The summed E-state index contributed by atoms with van der Waals surface area (Å²) in [5.74, 6) is -0.418. The molecule has 1 heterocycles. The Morgan fingerprint density at radius 3 is 2.39 bits per heavy atom. The summed E-state index contributed by atoms with van der Waals surface area (Å²) < 4.78 is 0. The largest absolute Gasteiger partial charge is 0.372 e. The van der Waals surface area contributed by atoms with Gasteiger partial charge in [-0.2, -0.15) is 0 Å². The molecule has 2 aromatic rings. The van der Waals surface area contributed by atoms with E-state index in [0.717, 1.165) is 42.1 Å². The lowest BCUT2D eigenvalue weighted by molar-refractivity contribution is -0.122. The lowest BCUT2D eigenvalue weighted by Gasteiger charge is -2.21. The van der Waals surface area contributed by atoms with Crippen LogP contribution in [-0.2, 0) is 16.0 Å². The molecule has 3 rings (SSSR count). The Morgan fingerprint density at radius 1 is 1.07 bits per heavy atom. The van der Waals surface area contributed by atoms with Crippen LogP contribution in [0.1, 0.15) is 32.8 Å². The molecule has 1 aliphatic heterocycles. The lowest BCUT2D eigenvalue weighted by Crippen LogP contribution is -2.28. The fraction of sp³-hybridized carbons (Fsp3) is 0.391. The quantitative estimate of drug-likeness (QED) is 0.788. The zero-order chi connectivity index (χ0) is 20.1. The Bertz CT molecular complexity index is 828. The van der Waals surface area contributed by atoms with E-state index in [1.165, 1.54) is 0 Å². The summed E-state index contributed by atoms with van der Waals surface area (Å²) in [4.78, 5) is 29.3. The number of carbonyl (C=O) groups excluding carboxylic acids is 2. The molecule has 5 nitrogen and oxygen atoms in total. The monoisotopic (exact) mass is 379 g/mol. The van der Waals surface area contributed by atoms with E-state index in [2.05, 4.69) is 31.0 Å². The molecule has 2 aromatic carbocycles. The molecule has 2 amide bonds. The number of benzene rings is 2. The fourth-order valence-corrected chi connectivity index (χ4v) is 3.78. The van der Waals surface area contributed by atoms with Crippen molar-refractivity contribution in [1.29, 1.82) is 0 Å². The number of hydrogen-bond donors (Lipinski definition) is 1. The van der Waals surface area contributed by atoms with Crippen LogP contribution in [0, 0.1) is 5.92 Å². The average Bonchev–Trinajstić information content (AvgIpc) is 3.11. The van der Waals surface area contributed by atoms with Crippen molar-refractivity contribution in [2.75, 3.05) is 34.8 Å². The highest BCUT2D eigenvalue weighted by atomic mass is 16.2. The summed E-state index contributed by atoms with van der Waals surface area (Å²) in [6.45, 7) is 8.64. The van der Waals surface area contributed by atoms with Crippen LogP contribution >= 0.6 is 0 Å². The van der Waals surface area contributed by atoms with Crippen molar-refractivity contribution in [2.45, 2.75) is 33.6 Å². The molecule has 1 saturated heterocycles. The van der Waals surface area contributed by atoms with Gasteiger partial charge in [0.15, 0.2) is 0 Å². The topological polar surface area (TPSA) is 52.7 Å². The molecule has 1 N–H and O–H groups in total. The zero-order valence-electron chi connectivity index (χ0n) is 16.9. The van der Waals surface area contributed by atoms with E-state index < -0.39 is 0 Å². The maximum Gasteiger partial charge on any atom is 0.229 e. The number of aryl methyl sites for hydroxylation is 1. The van der Waals surface area contributed by atoms with Gasteiger partial charge in [-0.15, -0.1) is 0 Å². The van der Waals surface area contributed by atoms with Gasteiger partial charge in [0.2, 0.25) is 11.8 Å². The molecule has 28 heavy (non-hydrogen) atoms. The number of amides is 2. The van der Waals surface area contributed by atoms with Gasteiger partial charge in [-0.25, -0.2) is 0 Å². The second kappa shape index (κ2) is 8.91. The van der Waals surface area contributed by atoms with Crippen LogP contribution in [0.25, 0.3) is 0 Å². The second-order valence-corrected chi connectivity index (χ2v) is 7.10. The molecule has 5 heteroatoms. The first-order chi connectivity index (χ1) is 13.6. The Balaban J connectivity index is 1.66. The number of anilines is 3. The van der Waals surface area contributed by atoms with Gasteiger partial charge in [-0.3, -0.25) is 9.59 Å². The second-order valence-electron chi connectivity index (χ2n) is 7.10. The minimum absolute atomic E-state index is 0.0120. The van der Waals surface area contributed by atoms with Crippen LogP contribution in [0.4, 0.5) is 17.1 Å². The minimum atomic E-state index is -0.333. The van der Waals surface area contributed by atoms with E-state index in [1.807, 2.05) is 48.5 Å². The first-order valence-corrected chi connectivity index (χ1v) is 10.1. The standard InChI is InChI=1S/C23H29N3O2/c1-4-17-9-7-8-10-21(17)26-16-18(15-22(26)27)23(28)24-19-11-13-20(14-12-19)25(5-2)6-3/h7-14,18H,4-6,15-16H2,1-3H3,(H,24,28). The number of hydrogen-bond acceptors (Lipinski definition) is 3. The van der Waals surface area contributed by atoms with E-state index in [-0.39, 0.29) is 24.2 Å². The SMILES string of the molecule is CCc1ccccc1N1CC(C(=O)Nc2ccc(N(CC)CC)cc2)CC1=O. The number of carbonyl (C=O) groups is 2. The summed E-state index contributed by atoms with van der Waals surface area (Å²) in [7, 11) is 0. The highest BCUT2D eigenvalue weighted by Gasteiger charge is 2.35. The molecule has 1 atom stereocenters. The molecule has 0 saturated carbocycles. The third-order valence-corrected chi connectivity index (χ3v) is 5.42. The molecule has 1 aliphatic rings. The van der Waals surface area contributed by atoms with Gasteiger partial charge in [0.25, 0.3) is 0 Å². The number of nitrogens with zero attached hydrogens (tertiary/aromatic N) is 2. The Morgan fingerprint density at radius 2 is 1.75 bits per heavy atom. The van der Waals surface area contributed by atoms with E-state index >= 15 is 0 Å². The Labute approximate surface area is 167 Å². The van der Waals surface area contributed by atoms with E-state index in [1.54, 1.807) is 4.90 Å². The third-order valence-electron chi connectivity index (χ3n) is 5.42. The molecule has 0 bridgehead atoms. The van der Waals surface area contributed by atoms with Gasteiger partial charge in [-0.05, 0) is 56.2 Å². The summed E-state index contributed by atoms with van der Waals surface area (Å²) in [5, 5.41) is 2.97. The summed E-state index contributed by atoms with van der Waals surface area (Å²) >= 11 is 0. The van der Waals surface area contributed by atoms with Crippen molar-refractivity contribution in [1.82, 2.24) is 0 Å². The van der Waals surface area contributed by atoms with Gasteiger partial charge < -0.3 is 15.1 Å². The van der Waals surface area contributed by atoms with Crippen LogP contribution < -0.4 is 15.1 Å². The van der Waals surface area contributed by atoms with E-state index in [4.69, 9.17) is 0 Å². The lowest BCUT2D eigenvalue weighted by atomic mass is 10.1. The van der Waals surface area contributed by atoms with Crippen molar-refractivity contribution < 1.29 is 9.59 Å². The van der Waals surface area contributed by atoms with Crippen molar-refractivity contribution in [2.24, 2.45) is 5.92 Å². The summed E-state index contributed by atoms with van der Waals surface area (Å²) in [6, 6.07) is 15.8. The first kappa shape index (κ1) is 19.9. The minimum Gasteiger partial charge on any atom is -0.372 e. The summed E-state index contributed by atoms with van der Waals surface area (Å²) in [5.41, 5.74) is 3.96. The van der Waals surface area contributed by atoms with Crippen LogP contribution in [-0.4, -0.2) is 31.4 Å². The predicted octanol–water partition coefficient (Wildman–Crippen LogP) is 4.09. The Hall–Kier alpha value is -2.82. The normalized spacial score (nSPS) is 16.3. The highest BCUT2D eigenvalue weighted by Crippen LogP contribution is 2.29. The molecule has 148 valence electrons. The molecule has 0 aliphatic carbocycles. The fourth-order valence-electron chi connectivity index (χ4n) is 3.78. The van der Waals surface area contributed by atoms with Crippen molar-refractivity contribution in [3.05, 3.63) is 54.1 Å². The van der Waals surface area contributed by atoms with E-state index in [0.29, 0.717) is 6.54 Å². The Kier molecular flexibility index (Phi) is 6.34. The van der Waals surface area contributed by atoms with Gasteiger partial charge in [0.05, 0.1) is 5.92 Å². The van der Waals surface area contributed by atoms with E-state index in [9.17, 15) is 9.59 Å². The van der Waals surface area contributed by atoms with Gasteiger partial charge in [0, 0.05) is 43.1 Å². The van der Waals surface area contributed by atoms with Gasteiger partial charge in [-0.1, -0.05) is 25.1 Å². The van der Waals surface area contributed by atoms with Gasteiger partial charge in [0.1, 0.15) is 0 Å². The van der Waals surface area contributed by atoms with Gasteiger partial charge >= 0.3 is 0 Å². The van der Waals surface area contributed by atoms with Crippen molar-refractivity contribution in [3.8, 4) is 0 Å². The van der Waals surface area contributed by atoms with Crippen molar-refractivity contribution >= 4 is 28.9 Å². The highest BCUT2D eigenvalue weighted by molar-refractivity contribution is 6.03. The smallest absolute Gasteiger partial charge is 0.229 e. The molecular weight excluding hydrogens is 350 g/mol. The van der Waals surface area contributed by atoms with Crippen LogP contribution in [0.15, 0.2) is 48.5 Å². The average molecular weight is 380 g/mol. The molecule has 0 aromatic heterocycles. The number of nitrogens with one attached hydrogen (secondary N) is 1. The van der Waals surface area contributed by atoms with Crippen molar-refractivity contribution in [3.63, 3.8) is 0 Å². The van der Waals surface area contributed by atoms with Crippen LogP contribution in [0.2, 0.25) is 0 Å². The first-order valence-electron chi connectivity index (χ1n) is 10.1. The number of para-hydroxylation sites is 1. The molecular formula is C23H29N3O2. The van der Waals surface area contributed by atoms with Crippen LogP contribution in [0.5, 0.6) is 0 Å². The molecule has 0 spiro atoms. The molecule has 1 unspecified atom stereocenters. The maximum absolute atomic E-state index is 12.7. The number of rotatable bonds is 7. The third kappa shape index (κ3) is 4.19.